The van der Waals surface area contributed by atoms with Crippen LogP contribution in [0.2, 0.25) is 0 Å². The van der Waals surface area contributed by atoms with Gasteiger partial charge in [0.05, 0.1) is 5.69 Å². The topological polar surface area (TPSA) is 72.3 Å². The summed E-state index contributed by atoms with van der Waals surface area (Å²) in [6.45, 7) is 4.09. The van der Waals surface area contributed by atoms with Gasteiger partial charge in [-0.1, -0.05) is 13.3 Å². The molecule has 19 heavy (non-hydrogen) atoms. The van der Waals surface area contributed by atoms with Crippen molar-refractivity contribution in [3.8, 4) is 0 Å². The van der Waals surface area contributed by atoms with E-state index in [4.69, 9.17) is 11.5 Å². The number of amides is 1. The molecule has 0 bridgehead atoms. The molecule has 1 aromatic rings. The Bertz CT molecular complexity index is 478. The van der Waals surface area contributed by atoms with Crippen molar-refractivity contribution in [3.05, 3.63) is 28.2 Å². The number of carbonyl (C=O) groups excluding carboxylic acids is 1. The van der Waals surface area contributed by atoms with Crippen LogP contribution in [0, 0.1) is 5.92 Å². The van der Waals surface area contributed by atoms with Crippen molar-refractivity contribution in [1.29, 1.82) is 0 Å². The van der Waals surface area contributed by atoms with Crippen molar-refractivity contribution in [2.24, 2.45) is 17.4 Å². The molecule has 1 aliphatic heterocycles. The summed E-state index contributed by atoms with van der Waals surface area (Å²) in [6, 6.07) is 5.81. The highest BCUT2D eigenvalue weighted by Gasteiger charge is 2.26. The Morgan fingerprint density at radius 3 is 2.84 bits per heavy atom. The van der Waals surface area contributed by atoms with E-state index in [0.29, 0.717) is 17.5 Å². The first-order chi connectivity index (χ1) is 9.02. The smallest absolute Gasteiger partial charge is 0.248 e. The normalized spacial score (nSPS) is 23.4. The second-order valence-corrected chi connectivity index (χ2v) is 5.95. The highest BCUT2D eigenvalue weighted by molar-refractivity contribution is 9.10. The minimum absolute atomic E-state index is 0.296. The van der Waals surface area contributed by atoms with E-state index in [1.807, 2.05) is 6.07 Å². The van der Waals surface area contributed by atoms with Gasteiger partial charge in [0.15, 0.2) is 0 Å². The monoisotopic (exact) mass is 325 g/mol. The maximum atomic E-state index is 11.2. The molecule has 0 aliphatic carbocycles. The average molecular weight is 326 g/mol. The van der Waals surface area contributed by atoms with E-state index in [0.717, 1.165) is 36.1 Å². The van der Waals surface area contributed by atoms with E-state index in [-0.39, 0.29) is 0 Å². The Kier molecular flexibility index (Phi) is 4.47. The first-order valence-corrected chi connectivity index (χ1v) is 7.42. The van der Waals surface area contributed by atoms with Gasteiger partial charge in [-0.05, 0) is 46.5 Å². The molecule has 1 saturated heterocycles. The Balaban J connectivity index is 2.20. The molecule has 1 aliphatic rings. The number of hydrogen-bond acceptors (Lipinski definition) is 3. The molecule has 0 saturated carbocycles. The Hall–Kier alpha value is -1.07. The molecule has 2 unspecified atom stereocenters. The van der Waals surface area contributed by atoms with Crippen LogP contribution in [0.1, 0.15) is 30.1 Å². The van der Waals surface area contributed by atoms with E-state index in [2.05, 4.69) is 27.8 Å². The van der Waals surface area contributed by atoms with Gasteiger partial charge in [-0.25, -0.2) is 0 Å². The van der Waals surface area contributed by atoms with Crippen LogP contribution < -0.4 is 16.4 Å². The molecular weight excluding hydrogens is 306 g/mol. The fourth-order valence-corrected chi connectivity index (χ4v) is 3.25. The molecule has 5 heteroatoms. The van der Waals surface area contributed by atoms with Crippen molar-refractivity contribution in [2.45, 2.75) is 25.8 Å². The molecule has 1 aromatic carbocycles. The van der Waals surface area contributed by atoms with Crippen molar-refractivity contribution < 1.29 is 4.79 Å². The summed E-state index contributed by atoms with van der Waals surface area (Å²) in [5.41, 5.74) is 13.0. The number of benzene rings is 1. The number of halogens is 1. The minimum Gasteiger partial charge on any atom is -0.370 e. The van der Waals surface area contributed by atoms with E-state index in [1.54, 1.807) is 12.1 Å². The third-order valence-corrected chi connectivity index (χ3v) is 4.53. The molecule has 104 valence electrons. The number of hydrogen-bond donors (Lipinski definition) is 2. The maximum Gasteiger partial charge on any atom is 0.248 e. The molecular formula is C14H20BrN3O. The lowest BCUT2D eigenvalue weighted by Gasteiger charge is -2.38. The second-order valence-electron chi connectivity index (χ2n) is 5.10. The van der Waals surface area contributed by atoms with Gasteiger partial charge in [0.1, 0.15) is 0 Å². The summed E-state index contributed by atoms with van der Waals surface area (Å²) in [7, 11) is 0. The molecule has 0 radical (unpaired) electrons. The predicted octanol–water partition coefficient (Wildman–Crippen LogP) is 2.11. The molecule has 2 rings (SSSR count). The van der Waals surface area contributed by atoms with Crippen LogP contribution >= 0.6 is 15.9 Å². The summed E-state index contributed by atoms with van der Waals surface area (Å²) < 4.78 is 0.911. The highest BCUT2D eigenvalue weighted by Crippen LogP contribution is 2.31. The fraction of sp³-hybridized carbons (Fsp3) is 0.500. The third kappa shape index (κ3) is 3.09. The number of anilines is 1. The summed E-state index contributed by atoms with van der Waals surface area (Å²) in [5, 5.41) is 0. The van der Waals surface area contributed by atoms with Gasteiger partial charge in [0.25, 0.3) is 0 Å². The molecule has 1 heterocycles. The maximum absolute atomic E-state index is 11.2. The van der Waals surface area contributed by atoms with Crippen LogP contribution in [-0.4, -0.2) is 25.0 Å². The lowest BCUT2D eigenvalue weighted by atomic mass is 9.90. The summed E-state index contributed by atoms with van der Waals surface area (Å²) in [6.07, 6.45) is 2.09. The average Bonchev–Trinajstić information content (AvgIpc) is 2.39. The van der Waals surface area contributed by atoms with Gasteiger partial charge in [-0.2, -0.15) is 0 Å². The molecule has 0 aromatic heterocycles. The zero-order chi connectivity index (χ0) is 14.0. The number of carbonyl (C=O) groups is 1. The Labute approximate surface area is 122 Å². The standard InChI is InChI=1S/C14H20BrN3O/c1-2-9-8-18(6-5-12(9)16)13-4-3-10(14(17)19)7-11(13)15/h3-4,7,9,12H,2,5-6,8,16H2,1H3,(H2,17,19). The van der Waals surface area contributed by atoms with Crippen molar-refractivity contribution >= 4 is 27.5 Å². The lowest BCUT2D eigenvalue weighted by molar-refractivity contribution is 0.100. The minimum atomic E-state index is -0.403. The Morgan fingerprint density at radius 2 is 2.26 bits per heavy atom. The van der Waals surface area contributed by atoms with Crippen LogP contribution in [0.15, 0.2) is 22.7 Å². The van der Waals surface area contributed by atoms with Crippen LogP contribution in [0.25, 0.3) is 0 Å². The van der Waals surface area contributed by atoms with Crippen LogP contribution in [0.5, 0.6) is 0 Å². The van der Waals surface area contributed by atoms with Gasteiger partial charge in [-0.3, -0.25) is 4.79 Å². The molecule has 1 fully saturated rings. The third-order valence-electron chi connectivity index (χ3n) is 3.89. The predicted molar refractivity (Wildman–Crippen MR) is 81.2 cm³/mol. The number of nitrogens with zero attached hydrogens (tertiary/aromatic N) is 1. The number of nitrogens with two attached hydrogens (primary N) is 2. The highest BCUT2D eigenvalue weighted by atomic mass is 79.9. The number of primary amides is 1. The molecule has 4 nitrogen and oxygen atoms in total. The van der Waals surface area contributed by atoms with Crippen molar-refractivity contribution in [3.63, 3.8) is 0 Å². The quantitative estimate of drug-likeness (QED) is 0.894. The lowest BCUT2D eigenvalue weighted by Crippen LogP contribution is -2.47. The van der Waals surface area contributed by atoms with Gasteiger partial charge in [-0.15, -0.1) is 0 Å². The van der Waals surface area contributed by atoms with Crippen LogP contribution in [0.3, 0.4) is 0 Å². The SMILES string of the molecule is CCC1CN(c2ccc(C(N)=O)cc2Br)CCC1N. The first-order valence-electron chi connectivity index (χ1n) is 6.62. The van der Waals surface area contributed by atoms with Crippen LogP contribution in [-0.2, 0) is 0 Å². The van der Waals surface area contributed by atoms with Gasteiger partial charge < -0.3 is 16.4 Å². The first kappa shape index (κ1) is 14.3. The van der Waals surface area contributed by atoms with Crippen LogP contribution in [0.4, 0.5) is 5.69 Å². The van der Waals surface area contributed by atoms with Crippen molar-refractivity contribution in [1.82, 2.24) is 0 Å². The fourth-order valence-electron chi connectivity index (χ4n) is 2.62. The summed E-state index contributed by atoms with van der Waals surface area (Å²) in [5.74, 6) is 0.121. The van der Waals surface area contributed by atoms with Gasteiger partial charge in [0.2, 0.25) is 5.91 Å². The van der Waals surface area contributed by atoms with E-state index >= 15 is 0 Å². The van der Waals surface area contributed by atoms with E-state index < -0.39 is 5.91 Å². The largest absolute Gasteiger partial charge is 0.370 e. The number of rotatable bonds is 3. The Morgan fingerprint density at radius 1 is 1.53 bits per heavy atom. The summed E-state index contributed by atoms with van der Waals surface area (Å²) in [4.78, 5) is 13.5. The molecule has 0 spiro atoms. The molecule has 1 amide bonds. The van der Waals surface area contributed by atoms with Crippen molar-refractivity contribution in [2.75, 3.05) is 18.0 Å². The van der Waals surface area contributed by atoms with Gasteiger partial charge >= 0.3 is 0 Å². The molecule has 4 N–H and O–H groups in total. The second kappa shape index (κ2) is 5.92. The van der Waals surface area contributed by atoms with E-state index in [9.17, 15) is 4.79 Å². The zero-order valence-electron chi connectivity index (χ0n) is 11.1. The van der Waals surface area contributed by atoms with Gasteiger partial charge in [0, 0.05) is 29.2 Å². The number of piperidine rings is 1. The van der Waals surface area contributed by atoms with E-state index in [1.165, 1.54) is 0 Å². The molecule has 2 atom stereocenters. The summed E-state index contributed by atoms with van der Waals surface area (Å²) >= 11 is 3.53. The zero-order valence-corrected chi connectivity index (χ0v) is 12.7.